The lowest BCUT2D eigenvalue weighted by Crippen LogP contribution is -2.35. The molecule has 6 nitrogen and oxygen atoms in total. The van der Waals surface area contributed by atoms with Crippen LogP contribution in [0.15, 0.2) is 53.4 Å². The first-order valence-electron chi connectivity index (χ1n) is 10.4. The molecule has 2 aliphatic rings. The van der Waals surface area contributed by atoms with Gasteiger partial charge in [-0.25, -0.2) is 0 Å². The summed E-state index contributed by atoms with van der Waals surface area (Å²) in [5, 5.41) is 2.94. The molecule has 0 aliphatic carbocycles. The van der Waals surface area contributed by atoms with Crippen LogP contribution >= 0.6 is 11.8 Å². The van der Waals surface area contributed by atoms with Crippen LogP contribution in [0, 0.1) is 0 Å². The highest BCUT2D eigenvalue weighted by Gasteiger charge is 2.23. The normalized spacial score (nSPS) is 16.7. The number of hydrogen-bond acceptors (Lipinski definition) is 5. The number of para-hydroxylation sites is 1. The van der Waals surface area contributed by atoms with Gasteiger partial charge in [-0.05, 0) is 29.8 Å². The largest absolute Gasteiger partial charge is 0.379 e. The molecule has 4 rings (SSSR count). The van der Waals surface area contributed by atoms with Gasteiger partial charge in [0.25, 0.3) is 0 Å². The molecule has 2 amide bonds. The second-order valence-corrected chi connectivity index (χ2v) is 8.64. The van der Waals surface area contributed by atoms with Crippen LogP contribution in [0.2, 0.25) is 0 Å². The summed E-state index contributed by atoms with van der Waals surface area (Å²) >= 11 is 1.77. The Morgan fingerprint density at radius 1 is 1.00 bits per heavy atom. The van der Waals surface area contributed by atoms with Crippen LogP contribution in [0.3, 0.4) is 0 Å². The molecule has 1 N–H and O–H groups in total. The first-order chi connectivity index (χ1) is 14.7. The minimum absolute atomic E-state index is 0.000955. The summed E-state index contributed by atoms with van der Waals surface area (Å²) in [6, 6.07) is 15.9. The van der Waals surface area contributed by atoms with Gasteiger partial charge in [0.1, 0.15) is 0 Å². The van der Waals surface area contributed by atoms with Crippen LogP contribution in [0.5, 0.6) is 0 Å². The first kappa shape index (κ1) is 20.9. The lowest BCUT2D eigenvalue weighted by atomic mass is 10.1. The van der Waals surface area contributed by atoms with Crippen molar-refractivity contribution in [3.63, 3.8) is 0 Å². The third-order valence-electron chi connectivity index (χ3n) is 5.32. The van der Waals surface area contributed by atoms with Crippen molar-refractivity contribution in [1.82, 2.24) is 4.90 Å². The van der Waals surface area contributed by atoms with Gasteiger partial charge in [0.05, 0.1) is 18.9 Å². The van der Waals surface area contributed by atoms with Gasteiger partial charge >= 0.3 is 0 Å². The maximum atomic E-state index is 12.7. The molecule has 0 bridgehead atoms. The van der Waals surface area contributed by atoms with Crippen molar-refractivity contribution in [1.29, 1.82) is 0 Å². The fourth-order valence-electron chi connectivity index (χ4n) is 3.77. The van der Waals surface area contributed by atoms with E-state index in [-0.39, 0.29) is 24.7 Å². The quantitative estimate of drug-likeness (QED) is 0.769. The van der Waals surface area contributed by atoms with Crippen molar-refractivity contribution in [3.05, 3.63) is 54.1 Å². The zero-order valence-electron chi connectivity index (χ0n) is 17.0. The Balaban J connectivity index is 1.29. The minimum atomic E-state index is -0.133. The number of carbonyl (C=O) groups excluding carboxylic acids is 2. The molecule has 2 aromatic rings. The van der Waals surface area contributed by atoms with Crippen molar-refractivity contribution >= 4 is 35.0 Å². The second kappa shape index (κ2) is 10.1. The van der Waals surface area contributed by atoms with Crippen molar-refractivity contribution in [3.8, 4) is 0 Å². The molecule has 2 aromatic carbocycles. The van der Waals surface area contributed by atoms with Crippen LogP contribution in [-0.2, 0) is 20.9 Å². The average molecular weight is 426 g/mol. The number of rotatable bonds is 6. The lowest BCUT2D eigenvalue weighted by Gasteiger charge is -2.29. The number of nitrogens with one attached hydrogen (secondary N) is 1. The third kappa shape index (κ3) is 5.41. The molecular formula is C23H27N3O3S. The van der Waals surface area contributed by atoms with Gasteiger partial charge in [0, 0.05) is 55.4 Å². The van der Waals surface area contributed by atoms with E-state index >= 15 is 0 Å². The number of morpholine rings is 1. The van der Waals surface area contributed by atoms with Crippen molar-refractivity contribution in [2.24, 2.45) is 0 Å². The summed E-state index contributed by atoms with van der Waals surface area (Å²) in [7, 11) is 0. The summed E-state index contributed by atoms with van der Waals surface area (Å²) in [5.74, 6) is 0.746. The maximum absolute atomic E-state index is 12.7. The summed E-state index contributed by atoms with van der Waals surface area (Å²) in [6.07, 6.45) is 0.386. The fraction of sp³-hybridized carbons (Fsp3) is 0.391. The Morgan fingerprint density at radius 2 is 1.83 bits per heavy atom. The lowest BCUT2D eigenvalue weighted by molar-refractivity contribution is -0.122. The number of carbonyl (C=O) groups is 2. The zero-order valence-corrected chi connectivity index (χ0v) is 17.8. The predicted molar refractivity (Wildman–Crippen MR) is 120 cm³/mol. The Bertz CT molecular complexity index is 899. The van der Waals surface area contributed by atoms with Gasteiger partial charge < -0.3 is 15.0 Å². The van der Waals surface area contributed by atoms with Gasteiger partial charge in [0.2, 0.25) is 11.8 Å². The number of fused-ring (bicyclic) bond motifs is 1. The SMILES string of the molecule is O=C(CCC(=O)N1CCSc2ccccc21)Nc1cccc(CN2CCOCC2)c1. The highest BCUT2D eigenvalue weighted by molar-refractivity contribution is 7.99. The number of benzene rings is 2. The number of hydrogen-bond donors (Lipinski definition) is 1. The summed E-state index contributed by atoms with van der Waals surface area (Å²) in [5.41, 5.74) is 2.89. The second-order valence-electron chi connectivity index (χ2n) is 7.50. The van der Waals surface area contributed by atoms with Crippen molar-refractivity contribution in [2.75, 3.05) is 48.8 Å². The molecule has 158 valence electrons. The molecule has 0 radical (unpaired) electrons. The molecule has 0 atom stereocenters. The van der Waals surface area contributed by atoms with E-state index in [0.717, 1.165) is 60.4 Å². The highest BCUT2D eigenvalue weighted by atomic mass is 32.2. The van der Waals surface area contributed by atoms with E-state index in [4.69, 9.17) is 4.74 Å². The maximum Gasteiger partial charge on any atom is 0.227 e. The van der Waals surface area contributed by atoms with Crippen LogP contribution in [-0.4, -0.2) is 55.3 Å². The summed E-state index contributed by atoms with van der Waals surface area (Å²) in [4.78, 5) is 30.4. The molecular weight excluding hydrogens is 398 g/mol. The topological polar surface area (TPSA) is 61.9 Å². The zero-order chi connectivity index (χ0) is 20.8. The van der Waals surface area contributed by atoms with E-state index in [0.29, 0.717) is 6.54 Å². The Labute approximate surface area is 181 Å². The third-order valence-corrected chi connectivity index (χ3v) is 6.36. The number of thioether (sulfide) groups is 1. The van der Waals surface area contributed by atoms with Crippen molar-refractivity contribution < 1.29 is 14.3 Å². The molecule has 2 heterocycles. The van der Waals surface area contributed by atoms with Gasteiger partial charge in [-0.2, -0.15) is 0 Å². The van der Waals surface area contributed by atoms with Gasteiger partial charge in [-0.1, -0.05) is 24.3 Å². The predicted octanol–water partition coefficient (Wildman–Crippen LogP) is 3.38. The standard InChI is InChI=1S/C23H27N3O3S/c27-22(8-9-23(28)26-12-15-30-21-7-2-1-6-20(21)26)24-19-5-3-4-18(16-19)17-25-10-13-29-14-11-25/h1-7,16H,8-15,17H2,(H,24,27). The number of anilines is 2. The number of nitrogens with zero attached hydrogens (tertiary/aromatic N) is 2. The number of amides is 2. The Hall–Kier alpha value is -2.35. The first-order valence-corrected chi connectivity index (χ1v) is 11.4. The monoisotopic (exact) mass is 425 g/mol. The van der Waals surface area contributed by atoms with Crippen LogP contribution in [0.25, 0.3) is 0 Å². The fourth-order valence-corrected chi connectivity index (χ4v) is 4.77. The van der Waals surface area contributed by atoms with E-state index < -0.39 is 0 Å². The Kier molecular flexibility index (Phi) is 7.04. The molecule has 0 unspecified atom stereocenters. The molecule has 1 fully saturated rings. The molecule has 0 saturated carbocycles. The summed E-state index contributed by atoms with van der Waals surface area (Å²) in [6.45, 7) is 4.92. The molecule has 0 spiro atoms. The molecule has 1 saturated heterocycles. The van der Waals surface area contributed by atoms with Crippen LogP contribution in [0.4, 0.5) is 11.4 Å². The molecule has 30 heavy (non-hydrogen) atoms. The van der Waals surface area contributed by atoms with E-state index in [1.807, 2.05) is 47.4 Å². The van der Waals surface area contributed by atoms with Gasteiger partial charge in [-0.3, -0.25) is 14.5 Å². The van der Waals surface area contributed by atoms with E-state index in [9.17, 15) is 9.59 Å². The molecule has 7 heteroatoms. The highest BCUT2D eigenvalue weighted by Crippen LogP contribution is 2.34. The number of ether oxygens (including phenoxy) is 1. The van der Waals surface area contributed by atoms with E-state index in [1.165, 1.54) is 0 Å². The Morgan fingerprint density at radius 3 is 2.70 bits per heavy atom. The van der Waals surface area contributed by atoms with E-state index in [1.54, 1.807) is 11.8 Å². The minimum Gasteiger partial charge on any atom is -0.379 e. The molecule has 2 aliphatic heterocycles. The van der Waals surface area contributed by atoms with Gasteiger partial charge in [-0.15, -0.1) is 11.8 Å². The van der Waals surface area contributed by atoms with Gasteiger partial charge in [0.15, 0.2) is 0 Å². The molecule has 0 aromatic heterocycles. The van der Waals surface area contributed by atoms with Crippen molar-refractivity contribution in [2.45, 2.75) is 24.3 Å². The smallest absolute Gasteiger partial charge is 0.227 e. The van der Waals surface area contributed by atoms with Crippen LogP contribution in [0.1, 0.15) is 18.4 Å². The van der Waals surface area contributed by atoms with Crippen LogP contribution < -0.4 is 10.2 Å². The summed E-state index contributed by atoms with van der Waals surface area (Å²) < 4.78 is 5.39. The van der Waals surface area contributed by atoms with E-state index in [2.05, 4.69) is 16.3 Å². The average Bonchev–Trinajstić information content (AvgIpc) is 2.78.